The molecule has 0 aromatic heterocycles. The zero-order valence-electron chi connectivity index (χ0n) is 47.9. The van der Waals surface area contributed by atoms with Crippen molar-refractivity contribution in [3.63, 3.8) is 0 Å². The van der Waals surface area contributed by atoms with Crippen LogP contribution in [0.4, 0.5) is 0 Å². The van der Waals surface area contributed by atoms with Crippen molar-refractivity contribution in [2.75, 3.05) is 0 Å². The highest BCUT2D eigenvalue weighted by molar-refractivity contribution is 4.91. The first-order valence-electron chi connectivity index (χ1n) is 29.5. The summed E-state index contributed by atoms with van der Waals surface area (Å²) in [5.41, 5.74) is 0. The van der Waals surface area contributed by atoms with Crippen molar-refractivity contribution in [1.82, 2.24) is 0 Å². The van der Waals surface area contributed by atoms with Crippen molar-refractivity contribution in [1.29, 1.82) is 0 Å². The molecular weight excluding hydrogens is 885 g/mol. The minimum Gasteiger partial charge on any atom is -0.412 e. The summed E-state index contributed by atoms with van der Waals surface area (Å²) < 4.78 is 0. The minimum atomic E-state index is 0. The van der Waals surface area contributed by atoms with Gasteiger partial charge in [-0.2, -0.15) is 0 Å². The first kappa shape index (κ1) is 76.4. The Morgan fingerprint density at radius 1 is 0.296 bits per heavy atom. The summed E-state index contributed by atoms with van der Waals surface area (Å²) in [7, 11) is 0. The Morgan fingerprint density at radius 3 is 0.746 bits per heavy atom. The molecule has 0 saturated heterocycles. The highest BCUT2D eigenvalue weighted by Gasteiger charge is 2.32. The molecule has 0 aromatic carbocycles. The third-order valence-corrected chi connectivity index (χ3v) is 20.3. The second-order valence-corrected chi connectivity index (χ2v) is 25.1. The molecule has 0 unspecified atom stereocenters. The van der Waals surface area contributed by atoms with E-state index in [1.165, 1.54) is 180 Å². The Bertz CT molecular complexity index is 1190. The summed E-state index contributed by atoms with van der Waals surface area (Å²) in [5.74, 6) is 16.6. The molecule has 8 aliphatic rings. The van der Waals surface area contributed by atoms with Gasteiger partial charge in [-0.25, -0.2) is 0 Å². The quantitative estimate of drug-likeness (QED) is 0.195. The topological polar surface area (TPSA) is 252 Å². The van der Waals surface area contributed by atoms with Crippen LogP contribution in [0.15, 0.2) is 37.0 Å². The van der Waals surface area contributed by atoms with Gasteiger partial charge in [0.1, 0.15) is 0 Å². The minimum absolute atomic E-state index is 0. The van der Waals surface area contributed by atoms with Crippen molar-refractivity contribution >= 4 is 0 Å². The Kier molecular flexibility index (Phi) is 46.3. The Hall–Kier alpha value is -1.10. The predicted octanol–water partition coefficient (Wildman–Crippen LogP) is 14.0. The van der Waals surface area contributed by atoms with E-state index in [-0.39, 0.29) is 43.8 Å². The van der Waals surface area contributed by atoms with Crippen LogP contribution in [-0.2, 0) is 0 Å². The van der Waals surface area contributed by atoms with Crippen molar-refractivity contribution < 1.29 is 43.8 Å². The molecule has 0 aliphatic heterocycles. The molecule has 8 rings (SSSR count). The average molecular weight is 1010 g/mol. The van der Waals surface area contributed by atoms with Crippen LogP contribution in [0.1, 0.15) is 267 Å². The lowest BCUT2D eigenvalue weighted by atomic mass is 9.69. The maximum atomic E-state index is 3.93. The largest absolute Gasteiger partial charge is 0.412 e. The van der Waals surface area contributed by atoms with Gasteiger partial charge in [-0.05, 0) is 250 Å². The molecule has 0 aromatic rings. The van der Waals surface area contributed by atoms with Gasteiger partial charge >= 0.3 is 0 Å². The van der Waals surface area contributed by atoms with Gasteiger partial charge in [0.15, 0.2) is 0 Å². The summed E-state index contributed by atoms with van der Waals surface area (Å²) >= 11 is 0. The van der Waals surface area contributed by atoms with Gasteiger partial charge in [-0.1, -0.05) is 142 Å². The van der Waals surface area contributed by atoms with E-state index >= 15 is 0 Å². The van der Waals surface area contributed by atoms with Gasteiger partial charge in [0.25, 0.3) is 0 Å². The third-order valence-electron chi connectivity index (χ3n) is 20.3. The molecule has 8 aliphatic carbocycles. The van der Waals surface area contributed by atoms with E-state index in [2.05, 4.69) is 85.4 Å². The van der Waals surface area contributed by atoms with Crippen LogP contribution < -0.4 is 0 Å². The lowest BCUT2D eigenvalue weighted by molar-refractivity contribution is 0.148. The van der Waals surface area contributed by atoms with Crippen LogP contribution in [-0.4, -0.2) is 43.8 Å². The number of rotatable bonds is 9. The third kappa shape index (κ3) is 28.0. The van der Waals surface area contributed by atoms with Gasteiger partial charge in [0.2, 0.25) is 0 Å². The van der Waals surface area contributed by atoms with Crippen molar-refractivity contribution in [3.8, 4) is 0 Å². The van der Waals surface area contributed by atoms with E-state index in [1.54, 1.807) is 38.5 Å². The van der Waals surface area contributed by atoms with E-state index in [0.29, 0.717) is 0 Å². The zero-order valence-corrected chi connectivity index (χ0v) is 47.9. The van der Waals surface area contributed by atoms with Crippen molar-refractivity contribution in [2.45, 2.75) is 267 Å². The molecule has 71 heavy (non-hydrogen) atoms. The van der Waals surface area contributed by atoms with Crippen molar-refractivity contribution in [3.05, 3.63) is 37.0 Å². The molecule has 8 heteroatoms. The van der Waals surface area contributed by atoms with Gasteiger partial charge < -0.3 is 43.8 Å². The van der Waals surface area contributed by atoms with Crippen LogP contribution in [0.2, 0.25) is 0 Å². The van der Waals surface area contributed by atoms with Gasteiger partial charge in [0, 0.05) is 0 Å². The predicted molar refractivity (Wildman–Crippen MR) is 310 cm³/mol. The number of allylic oxidation sites excluding steroid dienone is 5. The van der Waals surface area contributed by atoms with E-state index in [9.17, 15) is 0 Å². The lowest BCUT2D eigenvalue weighted by Gasteiger charge is -2.37. The Labute approximate surface area is 440 Å². The molecule has 0 bridgehead atoms. The SMILES string of the molecule is C/C=C/C1CCC(C2CCC(C)CC2)CC1.C/C=C/CCC1CCC(C2CCC(C)CC2)CC1.C=CC1CCC(C2CCC(C)CC2)CC1.CC1CCC(C2CCC(C)CC2)CC1.O.O.O.O.O.O.O.O. The smallest absolute Gasteiger partial charge is 0.0233 e. The average Bonchev–Trinajstić information content (AvgIpc) is 3.32. The van der Waals surface area contributed by atoms with Crippen LogP contribution in [0.25, 0.3) is 0 Å². The van der Waals surface area contributed by atoms with Gasteiger partial charge in [0.05, 0.1) is 0 Å². The Balaban J connectivity index is -0.000000408. The summed E-state index contributed by atoms with van der Waals surface area (Å²) in [5, 5.41) is 0. The van der Waals surface area contributed by atoms with Gasteiger partial charge in [-0.3, -0.25) is 0 Å². The summed E-state index contributed by atoms with van der Waals surface area (Å²) in [6.07, 6.45) is 62.4. The molecule has 16 N–H and O–H groups in total. The molecule has 0 atom stereocenters. The van der Waals surface area contributed by atoms with Crippen molar-refractivity contribution in [2.24, 2.45) is 94.7 Å². The Morgan fingerprint density at radius 2 is 0.521 bits per heavy atom. The van der Waals surface area contributed by atoms with Crippen LogP contribution >= 0.6 is 0 Å². The highest BCUT2D eigenvalue weighted by Crippen LogP contribution is 2.45. The van der Waals surface area contributed by atoms with Gasteiger partial charge in [-0.15, -0.1) is 6.58 Å². The van der Waals surface area contributed by atoms with E-state index in [1.807, 2.05) is 0 Å². The molecule has 0 amide bonds. The first-order chi connectivity index (χ1) is 30.6. The molecular formula is C63H128O8. The molecule has 8 nitrogen and oxygen atoms in total. The standard InChI is InChI=1S/C18H32.C16H28.C15H26.C14H26.8H2O/c1-3-4-5-6-16-9-13-18(14-10-16)17-11-7-15(2)8-12-17;1-3-4-14-7-11-16(12-8-14)15-9-5-13(2)6-10-15;1-3-13-6-10-15(11-7-13)14-8-4-12(2)5-9-14;1-11-3-7-13(8-4-11)14-9-5-12(2)6-10-14;;;;;;;;/h3-4,15-18H,5-14H2,1-2H3;3-4,13-16H,5-12H2,1-2H3;3,12-15H,1,4-11H2,2H3;11-14H,3-10H2,1-2H3;8*1H2/b2*4-3+;;;;;;;;;;. The fourth-order valence-corrected chi connectivity index (χ4v) is 15.2. The molecule has 428 valence electrons. The maximum Gasteiger partial charge on any atom is -0.0233 e. The van der Waals surface area contributed by atoms with E-state index in [4.69, 9.17) is 0 Å². The number of hydrogen-bond acceptors (Lipinski definition) is 0. The molecule has 8 saturated carbocycles. The molecule has 0 spiro atoms. The fraction of sp³-hybridized carbons (Fsp3) is 0.905. The van der Waals surface area contributed by atoms with Crippen LogP contribution in [0, 0.1) is 94.7 Å². The maximum absolute atomic E-state index is 3.93. The highest BCUT2D eigenvalue weighted by atomic mass is 16.0. The summed E-state index contributed by atoms with van der Waals surface area (Å²) in [6.45, 7) is 20.4. The number of hydrogen-bond donors (Lipinski definition) is 0. The van der Waals surface area contributed by atoms with Crippen LogP contribution in [0.5, 0.6) is 0 Å². The first-order valence-corrected chi connectivity index (χ1v) is 29.5. The normalized spacial score (nSPS) is 36.8. The fourth-order valence-electron chi connectivity index (χ4n) is 15.2. The summed E-state index contributed by atoms with van der Waals surface area (Å²) in [4.78, 5) is 0. The second-order valence-electron chi connectivity index (χ2n) is 25.1. The van der Waals surface area contributed by atoms with Crippen LogP contribution in [0.3, 0.4) is 0 Å². The van der Waals surface area contributed by atoms with E-state index in [0.717, 1.165) is 94.7 Å². The molecule has 8 fully saturated rings. The van der Waals surface area contributed by atoms with E-state index < -0.39 is 0 Å². The monoisotopic (exact) mass is 1010 g/mol. The molecule has 0 heterocycles. The molecule has 0 radical (unpaired) electrons. The summed E-state index contributed by atoms with van der Waals surface area (Å²) in [6, 6.07) is 0. The lowest BCUT2D eigenvalue weighted by Crippen LogP contribution is -2.25. The second kappa shape index (κ2) is 43.0. The zero-order chi connectivity index (χ0) is 44.8.